The minimum absolute atomic E-state index is 0.0249. The Labute approximate surface area is 208 Å². The lowest BCUT2D eigenvalue weighted by atomic mass is 9.88. The lowest BCUT2D eigenvalue weighted by molar-refractivity contribution is -0.137. The van der Waals surface area contributed by atoms with Crippen LogP contribution >= 0.6 is 0 Å². The number of ether oxygens (including phenoxy) is 1. The number of methoxy groups -OCH3 is 1. The predicted octanol–water partition coefficient (Wildman–Crippen LogP) is 7.55. The smallest absolute Gasteiger partial charge is 0.416 e. The summed E-state index contributed by atoms with van der Waals surface area (Å²) < 4.78 is 60.9. The van der Waals surface area contributed by atoms with Crippen LogP contribution in [0.3, 0.4) is 0 Å². The van der Waals surface area contributed by atoms with Crippen molar-refractivity contribution in [2.24, 2.45) is 0 Å². The van der Waals surface area contributed by atoms with Crippen LogP contribution in [0.1, 0.15) is 60.8 Å². The number of piperidine rings is 1. The molecule has 1 fully saturated rings. The first-order valence-electron chi connectivity index (χ1n) is 12.0. The van der Waals surface area contributed by atoms with Crippen LogP contribution in [0.4, 0.5) is 17.6 Å². The van der Waals surface area contributed by atoms with Gasteiger partial charge >= 0.3 is 6.18 Å². The summed E-state index contributed by atoms with van der Waals surface area (Å²) in [5, 5.41) is 0. The second-order valence-corrected chi connectivity index (χ2v) is 9.51. The van der Waals surface area contributed by atoms with E-state index in [2.05, 4.69) is 0 Å². The highest BCUT2D eigenvalue weighted by Crippen LogP contribution is 2.40. The van der Waals surface area contributed by atoms with Gasteiger partial charge in [0.1, 0.15) is 11.6 Å². The van der Waals surface area contributed by atoms with E-state index in [-0.39, 0.29) is 30.0 Å². The van der Waals surface area contributed by atoms with Gasteiger partial charge in [0, 0.05) is 31.1 Å². The summed E-state index contributed by atoms with van der Waals surface area (Å²) >= 11 is 0. The Balaban J connectivity index is 1.72. The second-order valence-electron chi connectivity index (χ2n) is 9.51. The first-order chi connectivity index (χ1) is 17.1. The SMILES string of the molecule is COc1cc(F)c(C(C)C)cc1-c1ccc(C(F)(F)F)cc1CN1CC[C@@H](c2ccccc2)CC1=O. The molecule has 190 valence electrons. The van der Waals surface area contributed by atoms with E-state index >= 15 is 0 Å². The van der Waals surface area contributed by atoms with E-state index < -0.39 is 17.6 Å². The van der Waals surface area contributed by atoms with Gasteiger partial charge in [0.05, 0.1) is 12.7 Å². The molecule has 4 rings (SSSR count). The van der Waals surface area contributed by atoms with Crippen molar-refractivity contribution >= 4 is 5.91 Å². The number of carbonyl (C=O) groups excluding carboxylic acids is 1. The number of rotatable bonds is 6. The first-order valence-corrected chi connectivity index (χ1v) is 12.0. The number of carbonyl (C=O) groups is 1. The Bertz CT molecular complexity index is 1240. The summed E-state index contributed by atoms with van der Waals surface area (Å²) in [6.07, 6.45) is -3.51. The van der Waals surface area contributed by atoms with E-state index in [0.717, 1.165) is 24.1 Å². The molecular formula is C29H29F4NO2. The Kier molecular flexibility index (Phi) is 7.38. The molecule has 1 amide bonds. The summed E-state index contributed by atoms with van der Waals surface area (Å²) in [6, 6.07) is 16.2. The lowest BCUT2D eigenvalue weighted by Crippen LogP contribution is -2.37. The van der Waals surface area contributed by atoms with Crippen LogP contribution in [0.2, 0.25) is 0 Å². The topological polar surface area (TPSA) is 29.5 Å². The molecule has 0 radical (unpaired) electrons. The van der Waals surface area contributed by atoms with Crippen molar-refractivity contribution in [3.63, 3.8) is 0 Å². The third-order valence-electron chi connectivity index (χ3n) is 6.82. The van der Waals surface area contributed by atoms with Gasteiger partial charge in [-0.05, 0) is 58.7 Å². The van der Waals surface area contributed by atoms with Crippen LogP contribution in [0.5, 0.6) is 5.75 Å². The Morgan fingerprint density at radius 3 is 2.36 bits per heavy atom. The van der Waals surface area contributed by atoms with Crippen molar-refractivity contribution in [3.8, 4) is 16.9 Å². The number of alkyl halides is 3. The van der Waals surface area contributed by atoms with Gasteiger partial charge < -0.3 is 9.64 Å². The van der Waals surface area contributed by atoms with Gasteiger partial charge in [-0.2, -0.15) is 13.2 Å². The van der Waals surface area contributed by atoms with Crippen molar-refractivity contribution in [2.75, 3.05) is 13.7 Å². The third-order valence-corrected chi connectivity index (χ3v) is 6.82. The highest BCUT2D eigenvalue weighted by atomic mass is 19.4. The number of benzene rings is 3. The maximum Gasteiger partial charge on any atom is 0.416 e. The summed E-state index contributed by atoms with van der Waals surface area (Å²) in [5.41, 5.74) is 2.06. The van der Waals surface area contributed by atoms with Crippen LogP contribution in [-0.4, -0.2) is 24.5 Å². The molecule has 1 heterocycles. The van der Waals surface area contributed by atoms with Crippen molar-refractivity contribution in [1.29, 1.82) is 0 Å². The highest BCUT2D eigenvalue weighted by molar-refractivity contribution is 5.79. The fourth-order valence-corrected chi connectivity index (χ4v) is 4.82. The number of halogens is 4. The molecule has 1 saturated heterocycles. The molecule has 0 bridgehead atoms. The lowest BCUT2D eigenvalue weighted by Gasteiger charge is -2.33. The van der Waals surface area contributed by atoms with Gasteiger partial charge in [-0.3, -0.25) is 4.79 Å². The Morgan fingerprint density at radius 1 is 1.03 bits per heavy atom. The fourth-order valence-electron chi connectivity index (χ4n) is 4.82. The third kappa shape index (κ3) is 5.40. The summed E-state index contributed by atoms with van der Waals surface area (Å²) in [6.45, 7) is 4.15. The predicted molar refractivity (Wildman–Crippen MR) is 131 cm³/mol. The van der Waals surface area contributed by atoms with Crippen LogP contribution in [-0.2, 0) is 17.5 Å². The number of likely N-dealkylation sites (tertiary alicyclic amines) is 1. The van der Waals surface area contributed by atoms with Crippen LogP contribution in [0, 0.1) is 5.82 Å². The minimum Gasteiger partial charge on any atom is -0.496 e. The first kappa shape index (κ1) is 25.7. The summed E-state index contributed by atoms with van der Waals surface area (Å²) in [5.74, 6) is -0.357. The number of hydrogen-bond donors (Lipinski definition) is 0. The summed E-state index contributed by atoms with van der Waals surface area (Å²) in [4.78, 5) is 14.7. The van der Waals surface area contributed by atoms with E-state index in [1.165, 1.54) is 19.2 Å². The molecule has 1 atom stereocenters. The molecule has 3 aromatic rings. The zero-order valence-corrected chi connectivity index (χ0v) is 20.5. The van der Waals surface area contributed by atoms with Crippen LogP contribution in [0.15, 0.2) is 60.7 Å². The number of hydrogen-bond acceptors (Lipinski definition) is 2. The molecule has 0 saturated carbocycles. The van der Waals surface area contributed by atoms with E-state index in [1.54, 1.807) is 11.0 Å². The fraction of sp³-hybridized carbons (Fsp3) is 0.345. The van der Waals surface area contributed by atoms with Gasteiger partial charge in [0.2, 0.25) is 5.91 Å². The van der Waals surface area contributed by atoms with E-state index in [4.69, 9.17) is 4.74 Å². The molecular weight excluding hydrogens is 470 g/mol. The van der Waals surface area contributed by atoms with Crippen LogP contribution < -0.4 is 4.74 Å². The van der Waals surface area contributed by atoms with Gasteiger partial charge in [0.25, 0.3) is 0 Å². The average Bonchev–Trinajstić information content (AvgIpc) is 2.85. The Morgan fingerprint density at radius 2 is 1.75 bits per heavy atom. The normalized spacial score (nSPS) is 16.5. The van der Waals surface area contributed by atoms with E-state index in [9.17, 15) is 22.4 Å². The monoisotopic (exact) mass is 499 g/mol. The molecule has 0 aromatic heterocycles. The van der Waals surface area contributed by atoms with Crippen molar-refractivity contribution < 1.29 is 27.1 Å². The molecule has 0 spiro atoms. The van der Waals surface area contributed by atoms with Crippen molar-refractivity contribution in [3.05, 3.63) is 88.7 Å². The summed E-state index contributed by atoms with van der Waals surface area (Å²) in [7, 11) is 1.40. The molecule has 0 unspecified atom stereocenters. The molecule has 1 aliphatic rings. The average molecular weight is 500 g/mol. The number of nitrogens with zero attached hydrogens (tertiary/aromatic N) is 1. The van der Waals surface area contributed by atoms with E-state index in [0.29, 0.717) is 35.2 Å². The molecule has 7 heteroatoms. The molecule has 0 aliphatic carbocycles. The maximum absolute atomic E-state index is 14.6. The highest BCUT2D eigenvalue weighted by Gasteiger charge is 2.33. The molecule has 1 aliphatic heterocycles. The largest absolute Gasteiger partial charge is 0.496 e. The quantitative estimate of drug-likeness (QED) is 0.328. The van der Waals surface area contributed by atoms with Gasteiger partial charge in [-0.15, -0.1) is 0 Å². The van der Waals surface area contributed by atoms with Crippen molar-refractivity contribution in [2.45, 2.75) is 51.2 Å². The van der Waals surface area contributed by atoms with Gasteiger partial charge in [-0.25, -0.2) is 4.39 Å². The van der Waals surface area contributed by atoms with Gasteiger partial charge in [0.15, 0.2) is 0 Å². The molecule has 36 heavy (non-hydrogen) atoms. The standard InChI is InChI=1S/C29H29F4NO2/c1-18(2)24-15-25(27(36-3)16-26(24)30)23-10-9-22(29(31,32)33)13-21(23)17-34-12-11-20(14-28(34)35)19-7-5-4-6-8-19/h4-10,13,15-16,18,20H,11-12,14,17H2,1-3H3/t20-/m1/s1. The van der Waals surface area contributed by atoms with E-state index in [1.807, 2.05) is 44.2 Å². The molecule has 3 aromatic carbocycles. The maximum atomic E-state index is 14.6. The van der Waals surface area contributed by atoms with Crippen molar-refractivity contribution in [1.82, 2.24) is 4.90 Å². The Hall–Kier alpha value is -3.35. The molecule has 3 nitrogen and oxygen atoms in total. The zero-order chi connectivity index (χ0) is 26.0. The number of amides is 1. The second kappa shape index (κ2) is 10.3. The zero-order valence-electron chi connectivity index (χ0n) is 20.5. The van der Waals surface area contributed by atoms with Gasteiger partial charge in [-0.1, -0.05) is 50.2 Å². The minimum atomic E-state index is -4.53. The molecule has 0 N–H and O–H groups in total. The van der Waals surface area contributed by atoms with Crippen LogP contribution in [0.25, 0.3) is 11.1 Å².